The van der Waals surface area contributed by atoms with Gasteiger partial charge in [0, 0.05) is 19.6 Å². The van der Waals surface area contributed by atoms with Gasteiger partial charge in [-0.25, -0.2) is 8.42 Å². The average molecular weight is 377 g/mol. The lowest BCUT2D eigenvalue weighted by Gasteiger charge is -2.28. The predicted octanol–water partition coefficient (Wildman–Crippen LogP) is 1.26. The minimum absolute atomic E-state index is 0.201. The van der Waals surface area contributed by atoms with Gasteiger partial charge in [-0.1, -0.05) is 12.1 Å². The van der Waals surface area contributed by atoms with E-state index in [1.165, 1.54) is 7.11 Å². The number of hydrogen-bond acceptors (Lipinski definition) is 6. The molecule has 0 saturated carbocycles. The smallest absolute Gasteiger partial charge is 0.247 e. The SMILES string of the molecule is COc1ccccc1S(=O)(=O)N1CCCC1c1nnc2n1CCN(C)C2. The molecule has 1 unspecified atom stereocenters. The number of para-hydroxylation sites is 1. The largest absolute Gasteiger partial charge is 0.495 e. The third-order valence-corrected chi connectivity index (χ3v) is 7.08. The summed E-state index contributed by atoms with van der Waals surface area (Å²) in [6, 6.07) is 6.47. The summed E-state index contributed by atoms with van der Waals surface area (Å²) >= 11 is 0. The van der Waals surface area contributed by atoms with Gasteiger partial charge in [0.15, 0.2) is 5.82 Å². The number of rotatable bonds is 4. The standard InChI is InChI=1S/C17H23N5O3S/c1-20-10-11-21-16(12-20)18-19-17(21)13-6-5-9-22(13)26(23,24)15-8-4-3-7-14(15)25-2/h3-4,7-8,13H,5-6,9-12H2,1-2H3. The van der Waals surface area contributed by atoms with Gasteiger partial charge in [0.1, 0.15) is 16.5 Å². The van der Waals surface area contributed by atoms with Crippen LogP contribution in [0.2, 0.25) is 0 Å². The second kappa shape index (κ2) is 6.64. The molecule has 0 radical (unpaired) electrons. The van der Waals surface area contributed by atoms with Gasteiger partial charge in [-0.05, 0) is 32.0 Å². The maximum atomic E-state index is 13.3. The summed E-state index contributed by atoms with van der Waals surface area (Å²) in [6.07, 6.45) is 1.56. The fourth-order valence-electron chi connectivity index (χ4n) is 3.79. The van der Waals surface area contributed by atoms with Crippen molar-refractivity contribution in [3.63, 3.8) is 0 Å². The van der Waals surface area contributed by atoms with Crippen molar-refractivity contribution < 1.29 is 13.2 Å². The van der Waals surface area contributed by atoms with E-state index in [4.69, 9.17) is 4.74 Å². The summed E-state index contributed by atoms with van der Waals surface area (Å²) in [6.45, 7) is 2.91. The van der Waals surface area contributed by atoms with E-state index in [1.54, 1.807) is 28.6 Å². The zero-order valence-electron chi connectivity index (χ0n) is 15.0. The van der Waals surface area contributed by atoms with Crippen molar-refractivity contribution >= 4 is 10.0 Å². The Kier molecular flexibility index (Phi) is 4.45. The predicted molar refractivity (Wildman–Crippen MR) is 95.2 cm³/mol. The summed E-state index contributed by atoms with van der Waals surface area (Å²) in [4.78, 5) is 2.39. The second-order valence-electron chi connectivity index (χ2n) is 6.79. The number of likely N-dealkylation sites (N-methyl/N-ethyl adjacent to an activating group) is 1. The summed E-state index contributed by atoms with van der Waals surface area (Å²) in [7, 11) is -0.142. The van der Waals surface area contributed by atoms with E-state index in [1.807, 2.05) is 7.05 Å². The van der Waals surface area contributed by atoms with Gasteiger partial charge in [0.2, 0.25) is 10.0 Å². The third kappa shape index (κ3) is 2.80. The molecular formula is C17H23N5O3S. The monoisotopic (exact) mass is 377 g/mol. The molecule has 26 heavy (non-hydrogen) atoms. The molecule has 0 amide bonds. The Labute approximate surface area is 153 Å². The number of methoxy groups -OCH3 is 1. The van der Waals surface area contributed by atoms with Crippen molar-refractivity contribution in [1.82, 2.24) is 24.0 Å². The van der Waals surface area contributed by atoms with Crippen LogP contribution in [0.5, 0.6) is 5.75 Å². The lowest BCUT2D eigenvalue weighted by Crippen LogP contribution is -2.35. The van der Waals surface area contributed by atoms with Crippen LogP contribution in [0.15, 0.2) is 29.2 Å². The lowest BCUT2D eigenvalue weighted by atomic mass is 10.2. The molecule has 0 aliphatic carbocycles. The maximum Gasteiger partial charge on any atom is 0.247 e. The summed E-state index contributed by atoms with van der Waals surface area (Å²) in [5, 5.41) is 8.66. The van der Waals surface area contributed by atoms with E-state index in [0.29, 0.717) is 12.3 Å². The number of aromatic nitrogens is 3. The molecule has 3 heterocycles. The van der Waals surface area contributed by atoms with E-state index in [-0.39, 0.29) is 10.9 Å². The molecule has 0 bridgehead atoms. The highest BCUT2D eigenvalue weighted by molar-refractivity contribution is 7.89. The fraction of sp³-hybridized carbons (Fsp3) is 0.529. The van der Waals surface area contributed by atoms with Crippen molar-refractivity contribution in [2.45, 2.75) is 36.9 Å². The minimum atomic E-state index is -3.68. The number of nitrogens with zero attached hydrogens (tertiary/aromatic N) is 5. The highest BCUT2D eigenvalue weighted by Gasteiger charge is 2.40. The lowest BCUT2D eigenvalue weighted by molar-refractivity contribution is 0.256. The topological polar surface area (TPSA) is 80.6 Å². The van der Waals surface area contributed by atoms with E-state index in [9.17, 15) is 8.42 Å². The zero-order valence-corrected chi connectivity index (χ0v) is 15.8. The van der Waals surface area contributed by atoms with Gasteiger partial charge < -0.3 is 9.30 Å². The summed E-state index contributed by atoms with van der Waals surface area (Å²) in [5.41, 5.74) is 0. The van der Waals surface area contributed by atoms with E-state index >= 15 is 0 Å². The normalized spacial score (nSPS) is 21.7. The molecule has 1 aromatic heterocycles. The van der Waals surface area contributed by atoms with Crippen LogP contribution in [0, 0.1) is 0 Å². The van der Waals surface area contributed by atoms with Gasteiger partial charge >= 0.3 is 0 Å². The van der Waals surface area contributed by atoms with E-state index in [0.717, 1.165) is 44.1 Å². The molecule has 1 atom stereocenters. The number of sulfonamides is 1. The Morgan fingerprint density at radius 3 is 2.77 bits per heavy atom. The van der Waals surface area contributed by atoms with Crippen molar-refractivity contribution in [2.75, 3.05) is 27.2 Å². The molecule has 1 aromatic carbocycles. The van der Waals surface area contributed by atoms with Crippen molar-refractivity contribution in [2.24, 2.45) is 0 Å². The molecule has 4 rings (SSSR count). The molecule has 140 valence electrons. The van der Waals surface area contributed by atoms with Crippen molar-refractivity contribution in [3.05, 3.63) is 35.9 Å². The van der Waals surface area contributed by atoms with Crippen molar-refractivity contribution in [1.29, 1.82) is 0 Å². The molecule has 0 N–H and O–H groups in total. The first-order valence-electron chi connectivity index (χ1n) is 8.77. The van der Waals surface area contributed by atoms with Crippen LogP contribution in [0.25, 0.3) is 0 Å². The highest BCUT2D eigenvalue weighted by atomic mass is 32.2. The number of benzene rings is 1. The first kappa shape index (κ1) is 17.4. The van der Waals surface area contributed by atoms with Crippen LogP contribution in [-0.2, 0) is 23.1 Å². The quantitative estimate of drug-likeness (QED) is 0.798. The van der Waals surface area contributed by atoms with Crippen LogP contribution in [0.1, 0.15) is 30.5 Å². The van der Waals surface area contributed by atoms with Gasteiger partial charge in [0.25, 0.3) is 0 Å². The van der Waals surface area contributed by atoms with Gasteiger partial charge in [-0.2, -0.15) is 4.31 Å². The molecule has 2 aromatic rings. The van der Waals surface area contributed by atoms with Gasteiger partial charge in [-0.15, -0.1) is 10.2 Å². The molecular weight excluding hydrogens is 354 g/mol. The van der Waals surface area contributed by atoms with Crippen LogP contribution >= 0.6 is 0 Å². The fourth-order valence-corrected chi connectivity index (χ4v) is 5.60. The third-order valence-electron chi connectivity index (χ3n) is 5.13. The van der Waals surface area contributed by atoms with E-state index in [2.05, 4.69) is 19.7 Å². The Hall–Kier alpha value is -1.97. The minimum Gasteiger partial charge on any atom is -0.495 e. The van der Waals surface area contributed by atoms with Crippen LogP contribution in [-0.4, -0.2) is 59.6 Å². The zero-order chi connectivity index (χ0) is 18.3. The van der Waals surface area contributed by atoms with Crippen LogP contribution in [0.4, 0.5) is 0 Å². The van der Waals surface area contributed by atoms with Crippen LogP contribution < -0.4 is 4.74 Å². The van der Waals surface area contributed by atoms with Crippen LogP contribution in [0.3, 0.4) is 0 Å². The Balaban J connectivity index is 1.71. The van der Waals surface area contributed by atoms with E-state index < -0.39 is 10.0 Å². The average Bonchev–Trinajstić information content (AvgIpc) is 3.28. The number of ether oxygens (including phenoxy) is 1. The molecule has 1 saturated heterocycles. The van der Waals surface area contributed by atoms with Crippen molar-refractivity contribution in [3.8, 4) is 5.75 Å². The molecule has 8 nitrogen and oxygen atoms in total. The second-order valence-corrected chi connectivity index (χ2v) is 8.65. The highest BCUT2D eigenvalue weighted by Crippen LogP contribution is 2.38. The Bertz CT molecular complexity index is 911. The first-order valence-corrected chi connectivity index (χ1v) is 10.2. The molecule has 1 fully saturated rings. The maximum absolute atomic E-state index is 13.3. The molecule has 2 aliphatic rings. The summed E-state index contributed by atoms with van der Waals surface area (Å²) < 4.78 is 35.6. The Morgan fingerprint density at radius 2 is 1.96 bits per heavy atom. The molecule has 2 aliphatic heterocycles. The van der Waals surface area contributed by atoms with Gasteiger partial charge in [0.05, 0.1) is 19.7 Å². The molecule has 9 heteroatoms. The first-order chi connectivity index (χ1) is 12.5. The Morgan fingerprint density at radius 1 is 1.15 bits per heavy atom. The number of fused-ring (bicyclic) bond motifs is 1. The van der Waals surface area contributed by atoms with Gasteiger partial charge in [-0.3, -0.25) is 4.90 Å². The summed E-state index contributed by atoms with van der Waals surface area (Å²) in [5.74, 6) is 2.02. The number of hydrogen-bond donors (Lipinski definition) is 0. The molecule has 0 spiro atoms.